The number of hydrogen-bond acceptors (Lipinski definition) is 5. The molecular formula is C5H15N2O5-. The minimum Gasteiger partial charge on any atom is -0.870 e. The number of nitrogens with zero attached hydrogens (tertiary/aromatic N) is 2. The largest absolute Gasteiger partial charge is 0.870 e. The van der Waals surface area contributed by atoms with Crippen molar-refractivity contribution in [2.45, 2.75) is 0 Å². The molecule has 76 valence electrons. The molecule has 0 bridgehead atoms. The molecule has 0 atom stereocenters. The number of quaternary nitrogens is 1. The highest BCUT2D eigenvalue weighted by Gasteiger charge is 2.02. The van der Waals surface area contributed by atoms with E-state index in [4.69, 9.17) is 20.4 Å². The summed E-state index contributed by atoms with van der Waals surface area (Å²) in [7, 11) is 6.16. The van der Waals surface area contributed by atoms with E-state index in [-0.39, 0.29) is 12.1 Å². The maximum absolute atomic E-state index is 8.39. The van der Waals surface area contributed by atoms with Crippen LogP contribution in [-0.4, -0.2) is 54.4 Å². The van der Waals surface area contributed by atoms with Gasteiger partial charge >= 0.3 is 0 Å². The molecule has 0 spiro atoms. The van der Waals surface area contributed by atoms with E-state index in [2.05, 4.69) is 21.1 Å². The molecule has 2 N–H and O–H groups in total. The maximum Gasteiger partial charge on any atom is 0.101 e. The van der Waals surface area contributed by atoms with Gasteiger partial charge in [-0.15, -0.1) is 0 Å². The van der Waals surface area contributed by atoms with E-state index in [1.54, 1.807) is 0 Å². The zero-order valence-corrected chi connectivity index (χ0v) is 7.43. The Morgan fingerprint density at radius 3 is 1.58 bits per heavy atom. The monoisotopic (exact) mass is 183 g/mol. The van der Waals surface area contributed by atoms with Crippen molar-refractivity contribution in [3.8, 4) is 0 Å². The lowest BCUT2D eigenvalue weighted by atomic mass is 10.5. The molecule has 0 aliphatic heterocycles. The van der Waals surface area contributed by atoms with E-state index in [1.807, 2.05) is 0 Å². The van der Waals surface area contributed by atoms with Gasteiger partial charge in [-0.2, -0.15) is 0 Å². The van der Waals surface area contributed by atoms with Crippen LogP contribution in [0, 0.1) is 15.3 Å². The van der Waals surface area contributed by atoms with Crippen LogP contribution in [-0.2, 0) is 0 Å². The van der Waals surface area contributed by atoms with Crippen LogP contribution in [0.15, 0.2) is 0 Å². The minimum absolute atomic E-state index is 0. The van der Waals surface area contributed by atoms with Crippen LogP contribution in [0.2, 0.25) is 0 Å². The lowest BCUT2D eigenvalue weighted by molar-refractivity contribution is -0.870. The zero-order valence-electron chi connectivity index (χ0n) is 7.43. The molecule has 0 aliphatic carbocycles. The first-order valence-electron chi connectivity index (χ1n) is 3.02. The lowest BCUT2D eigenvalue weighted by Crippen LogP contribution is -2.36. The van der Waals surface area contributed by atoms with E-state index in [0.29, 0.717) is 0 Å². The van der Waals surface area contributed by atoms with Crippen LogP contribution in [0.4, 0.5) is 0 Å². The molecule has 0 heterocycles. The van der Waals surface area contributed by atoms with Gasteiger partial charge < -0.3 is 30.4 Å². The van der Waals surface area contributed by atoms with Gasteiger partial charge in [-0.1, -0.05) is 0 Å². The Bertz CT molecular complexity index is 107. The summed E-state index contributed by atoms with van der Waals surface area (Å²) in [6.45, 7) is 1.11. The zero-order chi connectivity index (χ0) is 9.49. The number of hydrogen-bond donors (Lipinski definition) is 1. The van der Waals surface area contributed by atoms with E-state index >= 15 is 0 Å². The molecule has 0 saturated heterocycles. The quantitative estimate of drug-likeness (QED) is 0.344. The molecule has 0 aromatic carbocycles. The normalized spacial score (nSPS) is 9.00. The molecule has 0 unspecified atom stereocenters. The number of aliphatic hydroxyl groups is 1. The summed E-state index contributed by atoms with van der Waals surface area (Å²) >= 11 is 0. The number of likely N-dealkylation sites (N-methyl/N-ethyl adjacent to an activating group) is 1. The summed E-state index contributed by atoms with van der Waals surface area (Å²) in [5, 5.41) is 23.1. The molecule has 0 aromatic rings. The Morgan fingerprint density at radius 1 is 1.33 bits per heavy atom. The standard InChI is InChI=1S/C5H14NO.NO3.H2O/c1-6(2,3)4-5-7;2-1(3)4;/h7H,4-5H2,1-3H3;;1H2/q+1;-1;/p-1. The fourth-order valence-electron chi connectivity index (χ4n) is 0.300. The smallest absolute Gasteiger partial charge is 0.101 e. The SMILES string of the molecule is C[N+](C)(C)CCO.O=[N+]([O-])[O-].[OH-]. The topological polar surface area (TPSA) is 116 Å². The van der Waals surface area contributed by atoms with Crippen LogP contribution in [0.1, 0.15) is 0 Å². The third-order valence-corrected chi connectivity index (χ3v) is 0.771. The third-order valence-electron chi connectivity index (χ3n) is 0.771. The van der Waals surface area contributed by atoms with Crippen LogP contribution >= 0.6 is 0 Å². The second-order valence-electron chi connectivity index (χ2n) is 2.96. The van der Waals surface area contributed by atoms with Crippen molar-refractivity contribution in [3.05, 3.63) is 15.3 Å². The van der Waals surface area contributed by atoms with Crippen molar-refractivity contribution in [1.29, 1.82) is 0 Å². The predicted molar refractivity (Wildman–Crippen MR) is 42.3 cm³/mol. The Morgan fingerprint density at radius 2 is 1.58 bits per heavy atom. The average Bonchev–Trinajstić information content (AvgIpc) is 1.58. The summed E-state index contributed by atoms with van der Waals surface area (Å²) in [6, 6.07) is 0. The number of aliphatic hydroxyl groups excluding tert-OH is 1. The molecule has 0 saturated carbocycles. The molecule has 0 amide bonds. The highest BCUT2D eigenvalue weighted by atomic mass is 16.9. The maximum atomic E-state index is 8.39. The Balaban J connectivity index is -0.000000142. The molecule has 12 heavy (non-hydrogen) atoms. The molecule has 0 aromatic heterocycles. The van der Waals surface area contributed by atoms with Crippen LogP contribution in [0.3, 0.4) is 0 Å². The average molecular weight is 183 g/mol. The van der Waals surface area contributed by atoms with E-state index < -0.39 is 5.09 Å². The Kier molecular flexibility index (Phi) is 11.8. The molecule has 0 aliphatic rings. The van der Waals surface area contributed by atoms with E-state index in [9.17, 15) is 0 Å². The van der Waals surface area contributed by atoms with Crippen molar-refractivity contribution in [2.24, 2.45) is 0 Å². The first-order chi connectivity index (χ1) is 4.79. The summed E-state index contributed by atoms with van der Waals surface area (Å²) in [5.74, 6) is 0. The van der Waals surface area contributed by atoms with Crippen molar-refractivity contribution < 1.29 is 20.2 Å². The highest BCUT2D eigenvalue weighted by Crippen LogP contribution is 1.84. The minimum atomic E-state index is -1.75. The van der Waals surface area contributed by atoms with Gasteiger partial charge in [0.05, 0.1) is 32.8 Å². The third kappa shape index (κ3) is 62.5. The fourth-order valence-corrected chi connectivity index (χ4v) is 0.300. The van der Waals surface area contributed by atoms with Gasteiger partial charge in [0, 0.05) is 0 Å². The summed E-state index contributed by atoms with van der Waals surface area (Å²) < 4.78 is 0.844. The van der Waals surface area contributed by atoms with Gasteiger partial charge in [0.15, 0.2) is 0 Å². The Hall–Kier alpha value is -0.920. The molecule has 0 rings (SSSR count). The molecular weight excluding hydrogens is 168 g/mol. The van der Waals surface area contributed by atoms with Gasteiger partial charge in [-0.05, 0) is 0 Å². The van der Waals surface area contributed by atoms with Gasteiger partial charge in [-0.25, -0.2) is 0 Å². The van der Waals surface area contributed by atoms with Crippen molar-refractivity contribution >= 4 is 0 Å². The second-order valence-corrected chi connectivity index (χ2v) is 2.96. The highest BCUT2D eigenvalue weighted by molar-refractivity contribution is 4.19. The Labute approximate surface area is 70.9 Å². The first kappa shape index (κ1) is 17.2. The molecule has 0 fully saturated rings. The first-order valence-corrected chi connectivity index (χ1v) is 3.02. The second kappa shape index (κ2) is 8.18. The van der Waals surface area contributed by atoms with E-state index in [1.165, 1.54) is 0 Å². The van der Waals surface area contributed by atoms with Crippen molar-refractivity contribution in [3.63, 3.8) is 0 Å². The van der Waals surface area contributed by atoms with Gasteiger partial charge in [0.25, 0.3) is 0 Å². The number of rotatable bonds is 2. The lowest BCUT2D eigenvalue weighted by Gasteiger charge is -2.21. The van der Waals surface area contributed by atoms with Crippen LogP contribution in [0.5, 0.6) is 0 Å². The van der Waals surface area contributed by atoms with Crippen LogP contribution in [0.25, 0.3) is 0 Å². The summed E-state index contributed by atoms with van der Waals surface area (Å²) in [6.07, 6.45) is 0. The fraction of sp³-hybridized carbons (Fsp3) is 1.00. The van der Waals surface area contributed by atoms with Crippen molar-refractivity contribution in [2.75, 3.05) is 34.3 Å². The molecule has 7 nitrogen and oxygen atoms in total. The molecule has 0 radical (unpaired) electrons. The summed E-state index contributed by atoms with van der Waals surface area (Å²) in [5.41, 5.74) is 0. The van der Waals surface area contributed by atoms with Crippen molar-refractivity contribution in [1.82, 2.24) is 0 Å². The van der Waals surface area contributed by atoms with Gasteiger partial charge in [0.1, 0.15) is 6.54 Å². The van der Waals surface area contributed by atoms with Crippen LogP contribution < -0.4 is 0 Å². The van der Waals surface area contributed by atoms with E-state index in [0.717, 1.165) is 11.0 Å². The predicted octanol–water partition coefficient (Wildman–Crippen LogP) is -0.731. The van der Waals surface area contributed by atoms with Gasteiger partial charge in [-0.3, -0.25) is 0 Å². The molecule has 7 heteroatoms. The van der Waals surface area contributed by atoms with Gasteiger partial charge in [0.2, 0.25) is 0 Å². The summed E-state index contributed by atoms with van der Waals surface area (Å²) in [4.78, 5) is 8.25.